The summed E-state index contributed by atoms with van der Waals surface area (Å²) < 4.78 is 2.80. The zero-order valence-corrected chi connectivity index (χ0v) is 25.8. The molecule has 0 spiro atoms. The topological polar surface area (TPSA) is 140 Å². The second kappa shape index (κ2) is 14.8. The van der Waals surface area contributed by atoms with E-state index in [2.05, 4.69) is 57.3 Å². The van der Waals surface area contributed by atoms with Crippen LogP contribution in [-0.4, -0.2) is 47.2 Å². The predicted molar refractivity (Wildman–Crippen MR) is 165 cm³/mol. The maximum atomic E-state index is 12.4. The van der Waals surface area contributed by atoms with Crippen LogP contribution in [0.4, 0.5) is 10.3 Å². The van der Waals surface area contributed by atoms with Gasteiger partial charge in [-0.15, -0.1) is 25.5 Å². The van der Waals surface area contributed by atoms with Crippen molar-refractivity contribution in [2.24, 2.45) is 0 Å². The Bertz CT molecular complexity index is 1600. The Kier molecular flexibility index (Phi) is 10.5. The average molecular weight is 667 g/mol. The molecule has 2 amide bonds. The molecule has 0 aliphatic rings. The molecule has 42 heavy (non-hydrogen) atoms. The number of hydrogen-bond donors (Lipinski definition) is 2. The molecular formula is C28H28BrN9O2S2. The molecule has 2 N–H and O–H groups in total. The van der Waals surface area contributed by atoms with Crippen LogP contribution in [0, 0.1) is 0 Å². The van der Waals surface area contributed by atoms with Gasteiger partial charge in [-0.2, -0.15) is 0 Å². The first kappa shape index (κ1) is 29.6. The fraction of sp³-hybridized carbons (Fsp3) is 0.286. The summed E-state index contributed by atoms with van der Waals surface area (Å²) in [7, 11) is 0. The van der Waals surface area contributed by atoms with E-state index >= 15 is 0 Å². The lowest BCUT2D eigenvalue weighted by Gasteiger charge is -2.01. The molecule has 3 aromatic heterocycles. The minimum absolute atomic E-state index is 0.108. The fourth-order valence-corrected chi connectivity index (χ4v) is 5.90. The quantitative estimate of drug-likeness (QED) is 0.156. The highest BCUT2D eigenvalue weighted by Crippen LogP contribution is 2.21. The van der Waals surface area contributed by atoms with Gasteiger partial charge in [0.25, 0.3) is 0 Å². The maximum Gasteiger partial charge on any atom is 0.230 e. The molecule has 0 bridgehead atoms. The lowest BCUT2D eigenvalue weighted by molar-refractivity contribution is -0.116. The summed E-state index contributed by atoms with van der Waals surface area (Å²) in [5, 5.41) is 33.3. The lowest BCUT2D eigenvalue weighted by Crippen LogP contribution is -2.14. The van der Waals surface area contributed by atoms with Crippen molar-refractivity contribution in [3.05, 3.63) is 92.1 Å². The molecule has 0 radical (unpaired) electrons. The van der Waals surface area contributed by atoms with E-state index in [4.69, 9.17) is 0 Å². The number of hydrogen-bond acceptors (Lipinski definition) is 10. The third kappa shape index (κ3) is 9.33. The number of carbonyl (C=O) groups excluding carboxylic acids is 2. The Morgan fingerprint density at radius 2 is 1.38 bits per heavy atom. The van der Waals surface area contributed by atoms with E-state index in [9.17, 15) is 9.59 Å². The zero-order valence-electron chi connectivity index (χ0n) is 22.6. The van der Waals surface area contributed by atoms with Crippen LogP contribution in [-0.2, 0) is 41.8 Å². The number of aryl methyl sites for hydroxylation is 3. The maximum absolute atomic E-state index is 12.4. The largest absolute Gasteiger partial charge is 0.301 e. The van der Waals surface area contributed by atoms with E-state index < -0.39 is 0 Å². The second-order valence-electron chi connectivity index (χ2n) is 9.50. The molecule has 14 heteroatoms. The molecule has 5 aromatic rings. The van der Waals surface area contributed by atoms with Gasteiger partial charge in [0.1, 0.15) is 10.0 Å². The first-order valence-corrected chi connectivity index (χ1v) is 15.8. The molecule has 0 aliphatic heterocycles. The Labute approximate surface area is 258 Å². The number of halogens is 1. The summed E-state index contributed by atoms with van der Waals surface area (Å²) >= 11 is 6.22. The first-order valence-electron chi connectivity index (χ1n) is 13.4. The van der Waals surface area contributed by atoms with Crippen LogP contribution < -0.4 is 10.6 Å². The number of nitrogens with zero attached hydrogens (tertiary/aromatic N) is 7. The number of aromatic nitrogens is 7. The summed E-state index contributed by atoms with van der Waals surface area (Å²) in [6.07, 6.45) is 6.26. The van der Waals surface area contributed by atoms with Gasteiger partial charge in [-0.1, -0.05) is 86.3 Å². The summed E-state index contributed by atoms with van der Waals surface area (Å²) in [4.78, 5) is 24.7. The lowest BCUT2D eigenvalue weighted by atomic mass is 10.1. The van der Waals surface area contributed by atoms with Crippen molar-refractivity contribution >= 4 is 60.7 Å². The second-order valence-corrected chi connectivity index (χ2v) is 12.5. The molecule has 0 fully saturated rings. The number of nitrogens with one attached hydrogen (secondary N) is 2. The Morgan fingerprint density at radius 3 is 2.05 bits per heavy atom. The van der Waals surface area contributed by atoms with Crippen molar-refractivity contribution in [2.75, 3.05) is 10.6 Å². The molecule has 0 saturated heterocycles. The summed E-state index contributed by atoms with van der Waals surface area (Å²) in [6, 6.07) is 17.6. The van der Waals surface area contributed by atoms with Crippen molar-refractivity contribution in [2.45, 2.75) is 51.5 Å². The minimum atomic E-state index is -0.136. The molecular weight excluding hydrogens is 638 g/mol. The van der Waals surface area contributed by atoms with Crippen LogP contribution in [0.2, 0.25) is 0 Å². The van der Waals surface area contributed by atoms with E-state index in [1.807, 2.05) is 60.8 Å². The normalized spacial score (nSPS) is 11.0. The Balaban J connectivity index is 0.973. The number of benzene rings is 2. The van der Waals surface area contributed by atoms with Gasteiger partial charge in [-0.3, -0.25) is 9.59 Å². The van der Waals surface area contributed by atoms with Crippen molar-refractivity contribution in [1.29, 1.82) is 0 Å². The molecule has 5 rings (SSSR count). The van der Waals surface area contributed by atoms with Crippen LogP contribution in [0.1, 0.15) is 46.1 Å². The van der Waals surface area contributed by atoms with Gasteiger partial charge in [0, 0.05) is 36.4 Å². The van der Waals surface area contributed by atoms with E-state index in [-0.39, 0.29) is 18.2 Å². The molecule has 0 atom stereocenters. The molecule has 3 heterocycles. The Hall–Kier alpha value is -3.88. The monoisotopic (exact) mass is 665 g/mol. The standard InChI is InChI=1S/C28H28BrN9O2S2/c29-21-12-10-20(11-13-21)17-38-18-22(32-37-38)14-15-23(39)30-27-35-33-25(41-27)8-4-5-9-26-34-36-28(42-26)31-24(40)16-19-6-2-1-3-7-19/h1-3,6-7,10-13,18H,4-5,8-9,14-17H2,(H,30,35,39)(H,31,36,40). The first-order chi connectivity index (χ1) is 20.5. The van der Waals surface area contributed by atoms with Crippen molar-refractivity contribution in [3.8, 4) is 0 Å². The third-order valence-electron chi connectivity index (χ3n) is 6.12. The van der Waals surface area contributed by atoms with Gasteiger partial charge in [-0.05, 0) is 36.1 Å². The molecule has 0 aliphatic carbocycles. The van der Waals surface area contributed by atoms with Crippen molar-refractivity contribution in [3.63, 3.8) is 0 Å². The van der Waals surface area contributed by atoms with Crippen molar-refractivity contribution < 1.29 is 9.59 Å². The molecule has 0 saturated carbocycles. The summed E-state index contributed by atoms with van der Waals surface area (Å²) in [5.74, 6) is -0.244. The summed E-state index contributed by atoms with van der Waals surface area (Å²) in [5.41, 5.74) is 2.83. The minimum Gasteiger partial charge on any atom is -0.301 e. The predicted octanol–water partition coefficient (Wildman–Crippen LogP) is 5.11. The highest BCUT2D eigenvalue weighted by atomic mass is 79.9. The van der Waals surface area contributed by atoms with E-state index in [0.717, 1.165) is 57.0 Å². The third-order valence-corrected chi connectivity index (χ3v) is 8.44. The molecule has 216 valence electrons. The SMILES string of the molecule is O=C(CCc1cn(Cc2ccc(Br)cc2)nn1)Nc1nnc(CCCCc2nnc(NC(=O)Cc3ccccc3)s2)s1. The van der Waals surface area contributed by atoms with Crippen LogP contribution in [0.15, 0.2) is 65.3 Å². The van der Waals surface area contributed by atoms with E-state index in [1.54, 1.807) is 4.68 Å². The fourth-order valence-electron chi connectivity index (χ4n) is 4.04. The van der Waals surface area contributed by atoms with Gasteiger partial charge in [0.2, 0.25) is 22.1 Å². The number of unbranched alkanes of at least 4 members (excludes halogenated alkanes) is 1. The number of carbonyl (C=O) groups is 2. The van der Waals surface area contributed by atoms with Gasteiger partial charge in [0.15, 0.2) is 0 Å². The van der Waals surface area contributed by atoms with Gasteiger partial charge < -0.3 is 10.6 Å². The summed E-state index contributed by atoms with van der Waals surface area (Å²) in [6.45, 7) is 0.620. The number of anilines is 2. The highest BCUT2D eigenvalue weighted by Gasteiger charge is 2.12. The highest BCUT2D eigenvalue weighted by molar-refractivity contribution is 9.10. The number of rotatable bonds is 14. The van der Waals surface area contributed by atoms with Gasteiger partial charge in [-0.25, -0.2) is 4.68 Å². The van der Waals surface area contributed by atoms with Crippen LogP contribution >= 0.6 is 38.6 Å². The van der Waals surface area contributed by atoms with Gasteiger partial charge >= 0.3 is 0 Å². The van der Waals surface area contributed by atoms with E-state index in [0.29, 0.717) is 29.6 Å². The van der Waals surface area contributed by atoms with Crippen molar-refractivity contribution in [1.82, 2.24) is 35.4 Å². The Morgan fingerprint density at radius 1 is 0.738 bits per heavy atom. The smallest absolute Gasteiger partial charge is 0.230 e. The van der Waals surface area contributed by atoms with Gasteiger partial charge in [0.05, 0.1) is 18.7 Å². The number of amides is 2. The average Bonchev–Trinajstić information content (AvgIpc) is 3.74. The zero-order chi connectivity index (χ0) is 29.1. The molecule has 0 unspecified atom stereocenters. The van der Waals surface area contributed by atoms with Crippen LogP contribution in [0.3, 0.4) is 0 Å². The molecule has 11 nitrogen and oxygen atoms in total. The van der Waals surface area contributed by atoms with E-state index in [1.165, 1.54) is 22.7 Å². The van der Waals surface area contributed by atoms with Crippen LogP contribution in [0.5, 0.6) is 0 Å². The van der Waals surface area contributed by atoms with Crippen LogP contribution in [0.25, 0.3) is 0 Å². The molecule has 2 aromatic carbocycles.